The minimum atomic E-state index is -0.169. The maximum atomic E-state index is 11.2. The SMILES string of the molecule is CC(C)(C)NC(=O)N/C=C/C1CC1. The van der Waals surface area contributed by atoms with Crippen molar-refractivity contribution in [1.82, 2.24) is 10.6 Å². The summed E-state index contributed by atoms with van der Waals surface area (Å²) in [7, 11) is 0. The molecule has 0 atom stereocenters. The van der Waals surface area contributed by atoms with Crippen molar-refractivity contribution in [2.75, 3.05) is 0 Å². The maximum absolute atomic E-state index is 11.2. The van der Waals surface area contributed by atoms with Crippen molar-refractivity contribution in [1.29, 1.82) is 0 Å². The van der Waals surface area contributed by atoms with Gasteiger partial charge in [0.15, 0.2) is 0 Å². The first-order valence-corrected chi connectivity index (χ1v) is 4.73. The van der Waals surface area contributed by atoms with Crippen LogP contribution in [0.3, 0.4) is 0 Å². The minimum Gasteiger partial charge on any atom is -0.333 e. The lowest BCUT2D eigenvalue weighted by Crippen LogP contribution is -2.44. The zero-order chi connectivity index (χ0) is 9.90. The van der Waals surface area contributed by atoms with Crippen molar-refractivity contribution in [3.05, 3.63) is 12.3 Å². The van der Waals surface area contributed by atoms with Crippen LogP contribution in [0.15, 0.2) is 12.3 Å². The molecule has 0 aliphatic heterocycles. The van der Waals surface area contributed by atoms with Crippen molar-refractivity contribution in [2.45, 2.75) is 39.2 Å². The van der Waals surface area contributed by atoms with Gasteiger partial charge in [0.2, 0.25) is 0 Å². The first-order valence-electron chi connectivity index (χ1n) is 4.73. The van der Waals surface area contributed by atoms with Gasteiger partial charge in [-0.2, -0.15) is 0 Å². The lowest BCUT2D eigenvalue weighted by molar-refractivity contribution is 0.235. The standard InChI is InChI=1S/C10H18N2O/c1-10(2,3)12-9(13)11-7-6-8-4-5-8/h6-8H,4-5H2,1-3H3,(H2,11,12,13)/b7-6+. The smallest absolute Gasteiger partial charge is 0.319 e. The maximum Gasteiger partial charge on any atom is 0.319 e. The summed E-state index contributed by atoms with van der Waals surface area (Å²) >= 11 is 0. The molecule has 1 aliphatic carbocycles. The van der Waals surface area contributed by atoms with Crippen molar-refractivity contribution in [3.63, 3.8) is 0 Å². The summed E-state index contributed by atoms with van der Waals surface area (Å²) in [5, 5.41) is 5.49. The number of carbonyl (C=O) groups excluding carboxylic acids is 1. The number of hydrogen-bond acceptors (Lipinski definition) is 1. The molecule has 0 heterocycles. The van der Waals surface area contributed by atoms with E-state index in [9.17, 15) is 4.79 Å². The number of urea groups is 1. The van der Waals surface area contributed by atoms with Gasteiger partial charge < -0.3 is 10.6 Å². The number of amides is 2. The summed E-state index contributed by atoms with van der Waals surface area (Å²) < 4.78 is 0. The molecule has 0 spiro atoms. The average Bonchev–Trinajstić information content (AvgIpc) is 2.66. The molecule has 13 heavy (non-hydrogen) atoms. The first kappa shape index (κ1) is 10.1. The van der Waals surface area contributed by atoms with Crippen LogP contribution in [0.5, 0.6) is 0 Å². The van der Waals surface area contributed by atoms with E-state index < -0.39 is 0 Å². The van der Waals surface area contributed by atoms with Crippen LogP contribution in [0.1, 0.15) is 33.6 Å². The molecule has 74 valence electrons. The molecule has 0 saturated heterocycles. The highest BCUT2D eigenvalue weighted by atomic mass is 16.2. The van der Waals surface area contributed by atoms with Gasteiger partial charge in [-0.1, -0.05) is 6.08 Å². The van der Waals surface area contributed by atoms with Gasteiger partial charge in [0, 0.05) is 11.7 Å². The fourth-order valence-corrected chi connectivity index (χ4v) is 0.925. The van der Waals surface area contributed by atoms with E-state index in [0.717, 1.165) is 0 Å². The van der Waals surface area contributed by atoms with Gasteiger partial charge in [-0.3, -0.25) is 0 Å². The molecule has 0 aromatic heterocycles. The second kappa shape index (κ2) is 3.81. The Labute approximate surface area is 79.6 Å². The summed E-state index contributed by atoms with van der Waals surface area (Å²) in [5.41, 5.74) is -0.169. The Hall–Kier alpha value is -0.990. The van der Waals surface area contributed by atoms with Gasteiger partial charge in [-0.05, 0) is 39.5 Å². The predicted octanol–water partition coefficient (Wildman–Crippen LogP) is 2.01. The average molecular weight is 182 g/mol. The number of nitrogens with one attached hydrogen (secondary N) is 2. The predicted molar refractivity (Wildman–Crippen MR) is 53.3 cm³/mol. The third-order valence-electron chi connectivity index (χ3n) is 1.69. The largest absolute Gasteiger partial charge is 0.333 e. The second-order valence-electron chi connectivity index (χ2n) is 4.55. The minimum absolute atomic E-state index is 0.135. The van der Waals surface area contributed by atoms with E-state index in [4.69, 9.17) is 0 Å². The van der Waals surface area contributed by atoms with Crippen LogP contribution < -0.4 is 10.6 Å². The molecule has 1 aliphatic rings. The number of rotatable bonds is 2. The molecule has 3 nitrogen and oxygen atoms in total. The van der Waals surface area contributed by atoms with Crippen molar-refractivity contribution in [3.8, 4) is 0 Å². The third-order valence-corrected chi connectivity index (χ3v) is 1.69. The third kappa shape index (κ3) is 5.28. The number of allylic oxidation sites excluding steroid dienone is 1. The second-order valence-corrected chi connectivity index (χ2v) is 4.55. The quantitative estimate of drug-likeness (QED) is 0.674. The van der Waals surface area contributed by atoms with Crippen molar-refractivity contribution >= 4 is 6.03 Å². The van der Waals surface area contributed by atoms with Crippen LogP contribution >= 0.6 is 0 Å². The Bertz CT molecular complexity index is 211. The van der Waals surface area contributed by atoms with Gasteiger partial charge in [-0.15, -0.1) is 0 Å². The summed E-state index contributed by atoms with van der Waals surface area (Å²) in [4.78, 5) is 11.2. The number of carbonyl (C=O) groups is 1. The molecule has 1 saturated carbocycles. The van der Waals surface area contributed by atoms with Gasteiger partial charge in [0.1, 0.15) is 0 Å². The summed E-state index contributed by atoms with van der Waals surface area (Å²) in [6.45, 7) is 5.87. The lowest BCUT2D eigenvalue weighted by Gasteiger charge is -2.19. The van der Waals surface area contributed by atoms with Crippen molar-refractivity contribution < 1.29 is 4.79 Å². The first-order chi connectivity index (χ1) is 5.97. The molecular weight excluding hydrogens is 164 g/mol. The molecular formula is C10H18N2O. The van der Waals surface area contributed by atoms with Crippen LogP contribution in [-0.4, -0.2) is 11.6 Å². The molecule has 0 aromatic carbocycles. The summed E-state index contributed by atoms with van der Waals surface area (Å²) in [6.07, 6.45) is 6.30. The van der Waals surface area contributed by atoms with Crippen LogP contribution in [0, 0.1) is 5.92 Å². The molecule has 2 amide bonds. The van der Waals surface area contributed by atoms with Crippen LogP contribution in [0.4, 0.5) is 4.79 Å². The zero-order valence-corrected chi connectivity index (χ0v) is 8.55. The Kier molecular flexibility index (Phi) is 2.96. The highest BCUT2D eigenvalue weighted by Crippen LogP contribution is 2.29. The molecule has 1 fully saturated rings. The molecule has 3 heteroatoms. The van der Waals surface area contributed by atoms with Crippen molar-refractivity contribution in [2.24, 2.45) is 5.92 Å². The fourth-order valence-electron chi connectivity index (χ4n) is 0.925. The highest BCUT2D eigenvalue weighted by molar-refractivity contribution is 5.75. The van der Waals surface area contributed by atoms with E-state index in [0.29, 0.717) is 5.92 Å². The molecule has 0 radical (unpaired) electrons. The molecule has 0 aromatic rings. The molecule has 0 bridgehead atoms. The van der Waals surface area contributed by atoms with Gasteiger partial charge >= 0.3 is 6.03 Å². The molecule has 0 unspecified atom stereocenters. The highest BCUT2D eigenvalue weighted by Gasteiger charge is 2.17. The van der Waals surface area contributed by atoms with E-state index in [1.54, 1.807) is 6.20 Å². The Morgan fingerprint density at radius 1 is 1.38 bits per heavy atom. The fraction of sp³-hybridized carbons (Fsp3) is 0.700. The van der Waals surface area contributed by atoms with E-state index >= 15 is 0 Å². The normalized spacial score (nSPS) is 17.5. The lowest BCUT2D eigenvalue weighted by atomic mass is 10.1. The van der Waals surface area contributed by atoms with Crippen LogP contribution in [0.25, 0.3) is 0 Å². The van der Waals surface area contributed by atoms with E-state index in [1.807, 2.05) is 26.8 Å². The topological polar surface area (TPSA) is 41.1 Å². The summed E-state index contributed by atoms with van der Waals surface area (Å²) in [6, 6.07) is -0.135. The van der Waals surface area contributed by atoms with Gasteiger partial charge in [0.25, 0.3) is 0 Å². The summed E-state index contributed by atoms with van der Waals surface area (Å²) in [5.74, 6) is 0.704. The van der Waals surface area contributed by atoms with E-state index in [-0.39, 0.29) is 11.6 Å². The van der Waals surface area contributed by atoms with E-state index in [2.05, 4.69) is 10.6 Å². The van der Waals surface area contributed by atoms with Gasteiger partial charge in [0.05, 0.1) is 0 Å². The zero-order valence-electron chi connectivity index (χ0n) is 8.55. The van der Waals surface area contributed by atoms with Crippen LogP contribution in [0.2, 0.25) is 0 Å². The van der Waals surface area contributed by atoms with E-state index in [1.165, 1.54) is 12.8 Å². The Morgan fingerprint density at radius 3 is 2.46 bits per heavy atom. The molecule has 2 N–H and O–H groups in total. The van der Waals surface area contributed by atoms with Gasteiger partial charge in [-0.25, -0.2) is 4.79 Å². The number of hydrogen-bond donors (Lipinski definition) is 2. The van der Waals surface area contributed by atoms with Crippen LogP contribution in [-0.2, 0) is 0 Å². The Balaban J connectivity index is 2.16. The molecule has 1 rings (SSSR count). The Morgan fingerprint density at radius 2 is 2.00 bits per heavy atom. The monoisotopic (exact) mass is 182 g/mol.